The molecule has 1 fully saturated rings. The number of fused-ring (bicyclic) bond motifs is 1. The Bertz CT molecular complexity index is 1090. The molecule has 1 aromatic heterocycles. The zero-order valence-corrected chi connectivity index (χ0v) is 15.9. The molecule has 0 amide bonds. The van der Waals surface area contributed by atoms with Crippen molar-refractivity contribution in [2.75, 3.05) is 6.61 Å². The summed E-state index contributed by atoms with van der Waals surface area (Å²) in [6.07, 6.45) is -5.02. The van der Waals surface area contributed by atoms with Crippen molar-refractivity contribution in [3.8, 4) is 22.8 Å². The summed E-state index contributed by atoms with van der Waals surface area (Å²) in [4.78, 5) is 12.5. The molecule has 0 spiro atoms. The summed E-state index contributed by atoms with van der Waals surface area (Å²) in [5, 5.41) is 50.0. The van der Waals surface area contributed by atoms with Gasteiger partial charge in [0.15, 0.2) is 5.43 Å². The van der Waals surface area contributed by atoms with Gasteiger partial charge in [-0.3, -0.25) is 4.79 Å². The minimum atomic E-state index is -1.49. The Morgan fingerprint density at radius 2 is 1.73 bits per heavy atom. The lowest BCUT2D eigenvalue weighted by Crippen LogP contribution is -2.56. The van der Waals surface area contributed by atoms with Crippen molar-refractivity contribution < 1.29 is 34.7 Å². The topological polar surface area (TPSA) is 141 Å². The van der Waals surface area contributed by atoms with Crippen LogP contribution < -0.4 is 10.2 Å². The van der Waals surface area contributed by atoms with E-state index in [0.717, 1.165) is 0 Å². The molecule has 30 heavy (non-hydrogen) atoms. The fraction of sp³-hybridized carbons (Fsp3) is 0.318. The van der Waals surface area contributed by atoms with Gasteiger partial charge >= 0.3 is 0 Å². The summed E-state index contributed by atoms with van der Waals surface area (Å²) in [6, 6.07) is 12.9. The van der Waals surface area contributed by atoms with Crippen molar-refractivity contribution >= 4 is 11.0 Å². The van der Waals surface area contributed by atoms with E-state index in [1.807, 2.05) is 6.07 Å². The van der Waals surface area contributed by atoms with Crippen LogP contribution in [0.4, 0.5) is 0 Å². The van der Waals surface area contributed by atoms with Crippen LogP contribution in [-0.2, 0) is 0 Å². The molecule has 1 heterocycles. The van der Waals surface area contributed by atoms with Gasteiger partial charge in [-0.25, -0.2) is 0 Å². The number of hydrogen-bond donors (Lipinski definition) is 5. The molecule has 1 aliphatic carbocycles. The summed E-state index contributed by atoms with van der Waals surface area (Å²) in [7, 11) is 0. The maximum atomic E-state index is 12.5. The maximum Gasteiger partial charge on any atom is 0.197 e. The van der Waals surface area contributed by atoms with E-state index >= 15 is 0 Å². The normalized spacial score (nSPS) is 26.6. The number of benzene rings is 2. The van der Waals surface area contributed by atoms with Crippen LogP contribution in [0.2, 0.25) is 0 Å². The van der Waals surface area contributed by atoms with Crippen LogP contribution in [0.25, 0.3) is 22.3 Å². The molecule has 8 heteroatoms. The largest absolute Gasteiger partial charge is 0.507 e. The summed E-state index contributed by atoms with van der Waals surface area (Å²) in [5.74, 6) is -0.593. The lowest BCUT2D eigenvalue weighted by Gasteiger charge is -2.39. The van der Waals surface area contributed by atoms with Gasteiger partial charge in [0.05, 0.1) is 6.10 Å². The average Bonchev–Trinajstić information content (AvgIpc) is 2.74. The van der Waals surface area contributed by atoms with Crippen molar-refractivity contribution in [2.45, 2.75) is 30.8 Å². The number of rotatable bonds is 4. The number of aliphatic hydroxyl groups is 4. The minimum absolute atomic E-state index is 0.00471. The third-order valence-corrected chi connectivity index (χ3v) is 5.46. The number of hydrogen-bond acceptors (Lipinski definition) is 8. The number of aromatic hydroxyl groups is 1. The Morgan fingerprint density at radius 3 is 2.43 bits per heavy atom. The Labute approximate surface area is 171 Å². The van der Waals surface area contributed by atoms with Crippen LogP contribution in [0.15, 0.2) is 57.7 Å². The third-order valence-electron chi connectivity index (χ3n) is 5.46. The second-order valence-corrected chi connectivity index (χ2v) is 7.46. The van der Waals surface area contributed by atoms with Gasteiger partial charge < -0.3 is 34.7 Å². The minimum Gasteiger partial charge on any atom is -0.507 e. The van der Waals surface area contributed by atoms with Gasteiger partial charge in [0, 0.05) is 36.3 Å². The number of aliphatic hydroxyl groups excluding tert-OH is 4. The van der Waals surface area contributed by atoms with Crippen molar-refractivity contribution in [3.63, 3.8) is 0 Å². The zero-order valence-electron chi connectivity index (χ0n) is 15.9. The van der Waals surface area contributed by atoms with E-state index in [4.69, 9.17) is 9.15 Å². The molecule has 1 saturated carbocycles. The van der Waals surface area contributed by atoms with Crippen LogP contribution in [0.3, 0.4) is 0 Å². The molecule has 2 aromatic carbocycles. The number of phenols is 1. The second kappa shape index (κ2) is 8.08. The molecule has 0 bridgehead atoms. The highest BCUT2D eigenvalue weighted by Crippen LogP contribution is 2.34. The van der Waals surface area contributed by atoms with Crippen molar-refractivity contribution in [3.05, 3.63) is 58.8 Å². The van der Waals surface area contributed by atoms with Crippen LogP contribution in [0.5, 0.6) is 11.5 Å². The highest BCUT2D eigenvalue weighted by Gasteiger charge is 2.43. The summed E-state index contributed by atoms with van der Waals surface area (Å²) in [5.41, 5.74) is 0.365. The molecule has 158 valence electrons. The molecule has 0 saturated heterocycles. The summed E-state index contributed by atoms with van der Waals surface area (Å²) < 4.78 is 11.6. The molecule has 4 rings (SSSR count). The predicted octanol–water partition coefficient (Wildman–Crippen LogP) is 1.01. The van der Waals surface area contributed by atoms with E-state index in [0.29, 0.717) is 11.3 Å². The lowest BCUT2D eigenvalue weighted by molar-refractivity contribution is -0.156. The molecule has 0 radical (unpaired) electrons. The molecule has 1 aliphatic rings. The fourth-order valence-electron chi connectivity index (χ4n) is 3.81. The fourth-order valence-corrected chi connectivity index (χ4v) is 3.81. The van der Waals surface area contributed by atoms with Gasteiger partial charge in [-0.1, -0.05) is 30.3 Å². The van der Waals surface area contributed by atoms with Crippen LogP contribution in [-0.4, -0.2) is 56.6 Å². The van der Waals surface area contributed by atoms with Crippen LogP contribution in [0.1, 0.15) is 6.42 Å². The average molecular weight is 414 g/mol. The first-order valence-corrected chi connectivity index (χ1v) is 9.57. The van der Waals surface area contributed by atoms with E-state index in [-0.39, 0.29) is 35.5 Å². The Morgan fingerprint density at radius 1 is 1.00 bits per heavy atom. The van der Waals surface area contributed by atoms with Gasteiger partial charge in [0.1, 0.15) is 46.5 Å². The van der Waals surface area contributed by atoms with Crippen molar-refractivity contribution in [1.29, 1.82) is 0 Å². The van der Waals surface area contributed by atoms with Gasteiger partial charge in [0.25, 0.3) is 0 Å². The van der Waals surface area contributed by atoms with Gasteiger partial charge in [-0.05, 0) is 6.42 Å². The standard InChI is InChI=1S/C22H22O8/c23-10-12-6-18(21(27)22(28)20(12)26)29-13-7-14(24)19-15(25)9-16(30-17(19)8-13)11-4-2-1-3-5-11/h1-5,7-9,12,18,20-24,26-28H,6,10H2/t12-,18-,20-,21+,22+/m1/s1. The molecular formula is C22H22O8. The van der Waals surface area contributed by atoms with E-state index in [9.17, 15) is 30.3 Å². The molecule has 5 N–H and O–H groups in total. The van der Waals surface area contributed by atoms with Crippen LogP contribution in [0, 0.1) is 5.92 Å². The number of phenolic OH excluding ortho intramolecular Hbond substituents is 1. The molecule has 0 aliphatic heterocycles. The number of ether oxygens (including phenoxy) is 1. The first kappa shape index (κ1) is 20.4. The lowest BCUT2D eigenvalue weighted by atomic mass is 9.81. The van der Waals surface area contributed by atoms with E-state index < -0.39 is 35.8 Å². The maximum absolute atomic E-state index is 12.5. The zero-order chi connectivity index (χ0) is 21.4. The third kappa shape index (κ3) is 3.66. The molecule has 8 nitrogen and oxygen atoms in total. The first-order valence-electron chi connectivity index (χ1n) is 9.57. The van der Waals surface area contributed by atoms with Gasteiger partial charge in [-0.2, -0.15) is 0 Å². The van der Waals surface area contributed by atoms with Crippen LogP contribution >= 0.6 is 0 Å². The smallest absolute Gasteiger partial charge is 0.197 e. The molecular weight excluding hydrogens is 392 g/mol. The predicted molar refractivity (Wildman–Crippen MR) is 107 cm³/mol. The monoisotopic (exact) mass is 414 g/mol. The van der Waals surface area contributed by atoms with E-state index in [1.165, 1.54) is 18.2 Å². The van der Waals surface area contributed by atoms with Gasteiger partial charge in [-0.15, -0.1) is 0 Å². The highest BCUT2D eigenvalue weighted by atomic mass is 16.5. The molecule has 0 unspecified atom stereocenters. The first-order chi connectivity index (χ1) is 14.4. The Hall–Kier alpha value is -2.91. The quantitative estimate of drug-likeness (QED) is 0.426. The molecule has 3 aromatic rings. The van der Waals surface area contributed by atoms with Crippen molar-refractivity contribution in [2.24, 2.45) is 5.92 Å². The highest BCUT2D eigenvalue weighted by molar-refractivity contribution is 5.86. The van der Waals surface area contributed by atoms with E-state index in [2.05, 4.69) is 0 Å². The van der Waals surface area contributed by atoms with Gasteiger partial charge in [0.2, 0.25) is 0 Å². The summed E-state index contributed by atoms with van der Waals surface area (Å²) in [6.45, 7) is -0.386. The van der Waals surface area contributed by atoms with Crippen molar-refractivity contribution in [1.82, 2.24) is 0 Å². The summed E-state index contributed by atoms with van der Waals surface area (Å²) >= 11 is 0. The Balaban J connectivity index is 1.71. The SMILES string of the molecule is O=c1cc(-c2ccccc2)oc2cc(O[C@@H]3C[C@H](CO)[C@@H](O)[C@H](O)[C@H]3O)cc(O)c12. The second-order valence-electron chi connectivity index (χ2n) is 7.46. The Kier molecular flexibility index (Phi) is 5.48. The molecule has 5 atom stereocenters. The van der Waals surface area contributed by atoms with E-state index in [1.54, 1.807) is 24.3 Å².